The smallest absolute Gasteiger partial charge is 0.103 e. The molecule has 1 aliphatic rings. The van der Waals surface area contributed by atoms with Crippen molar-refractivity contribution in [2.24, 2.45) is 0 Å². The van der Waals surface area contributed by atoms with Crippen LogP contribution in [0.15, 0.2) is 17.5 Å². The lowest BCUT2D eigenvalue weighted by Crippen LogP contribution is -1.96. The molecule has 0 saturated carbocycles. The maximum absolute atomic E-state index is 6.53. The van der Waals surface area contributed by atoms with Gasteiger partial charge in [0.1, 0.15) is 5.38 Å². The van der Waals surface area contributed by atoms with E-state index in [-0.39, 0.29) is 5.38 Å². The van der Waals surface area contributed by atoms with Gasteiger partial charge in [-0.15, -0.1) is 34.3 Å². The Kier molecular flexibility index (Phi) is 3.49. The van der Waals surface area contributed by atoms with Crippen LogP contribution in [-0.4, -0.2) is 0 Å². The topological polar surface area (TPSA) is 0 Å². The second kappa shape index (κ2) is 4.93. The second-order valence-corrected chi connectivity index (χ2v) is 7.26. The Morgan fingerprint density at radius 3 is 2.76 bits per heavy atom. The summed E-state index contributed by atoms with van der Waals surface area (Å²) in [5, 5.41) is 2.72. The van der Waals surface area contributed by atoms with Gasteiger partial charge in [0.2, 0.25) is 0 Å². The molecule has 0 N–H and O–H groups in total. The third-order valence-electron chi connectivity index (χ3n) is 3.14. The number of rotatable bonds is 2. The second-order valence-electron chi connectivity index (χ2n) is 4.30. The minimum Gasteiger partial charge on any atom is -0.145 e. The highest BCUT2D eigenvalue weighted by molar-refractivity contribution is 7.13. The van der Waals surface area contributed by atoms with Crippen molar-refractivity contribution in [2.75, 3.05) is 0 Å². The molecule has 0 amide bonds. The maximum atomic E-state index is 6.53. The van der Waals surface area contributed by atoms with Crippen molar-refractivity contribution in [3.05, 3.63) is 42.7 Å². The number of alkyl halides is 1. The molecule has 1 unspecified atom stereocenters. The van der Waals surface area contributed by atoms with Gasteiger partial charge in [-0.25, -0.2) is 0 Å². The van der Waals surface area contributed by atoms with Crippen LogP contribution in [0.5, 0.6) is 0 Å². The van der Waals surface area contributed by atoms with Gasteiger partial charge in [-0.3, -0.25) is 0 Å². The van der Waals surface area contributed by atoms with Gasteiger partial charge in [0.05, 0.1) is 5.02 Å². The number of aryl methyl sites for hydroxylation is 2. The Morgan fingerprint density at radius 1 is 1.24 bits per heavy atom. The molecule has 17 heavy (non-hydrogen) atoms. The van der Waals surface area contributed by atoms with Crippen molar-refractivity contribution < 1.29 is 0 Å². The van der Waals surface area contributed by atoms with Crippen LogP contribution >= 0.6 is 45.9 Å². The molecule has 2 aromatic rings. The lowest BCUT2D eigenvalue weighted by atomic mass is 9.99. The van der Waals surface area contributed by atoms with Gasteiger partial charge in [0, 0.05) is 14.6 Å². The largest absolute Gasteiger partial charge is 0.145 e. The fourth-order valence-corrected chi connectivity index (χ4v) is 5.26. The zero-order valence-electron chi connectivity index (χ0n) is 9.21. The quantitative estimate of drug-likeness (QED) is 0.627. The van der Waals surface area contributed by atoms with E-state index in [1.54, 1.807) is 11.3 Å². The minimum absolute atomic E-state index is 0.0712. The lowest BCUT2D eigenvalue weighted by molar-refractivity contribution is 0.697. The summed E-state index contributed by atoms with van der Waals surface area (Å²) in [5.74, 6) is 0. The van der Waals surface area contributed by atoms with E-state index >= 15 is 0 Å². The van der Waals surface area contributed by atoms with Crippen LogP contribution in [0.25, 0.3) is 0 Å². The van der Waals surface area contributed by atoms with E-state index in [0.29, 0.717) is 0 Å². The summed E-state index contributed by atoms with van der Waals surface area (Å²) >= 11 is 16.2. The van der Waals surface area contributed by atoms with Gasteiger partial charge in [0.25, 0.3) is 0 Å². The fourth-order valence-electron chi connectivity index (χ4n) is 2.25. The van der Waals surface area contributed by atoms with E-state index in [2.05, 4.69) is 6.07 Å². The van der Waals surface area contributed by atoms with Crippen LogP contribution in [-0.2, 0) is 12.8 Å². The molecule has 0 spiro atoms. The van der Waals surface area contributed by atoms with Gasteiger partial charge in [-0.1, -0.05) is 11.6 Å². The monoisotopic (exact) mass is 302 g/mol. The predicted molar refractivity (Wildman–Crippen MR) is 78.0 cm³/mol. The van der Waals surface area contributed by atoms with Gasteiger partial charge < -0.3 is 0 Å². The van der Waals surface area contributed by atoms with Crippen LogP contribution in [0.1, 0.15) is 38.4 Å². The Balaban J connectivity index is 1.94. The van der Waals surface area contributed by atoms with Crippen LogP contribution in [0.4, 0.5) is 0 Å². The fraction of sp³-hybridized carbons (Fsp3) is 0.385. The molecule has 0 fully saturated rings. The van der Waals surface area contributed by atoms with E-state index in [1.807, 2.05) is 22.8 Å². The van der Waals surface area contributed by atoms with E-state index in [4.69, 9.17) is 23.2 Å². The van der Waals surface area contributed by atoms with Crippen molar-refractivity contribution in [3.8, 4) is 0 Å². The zero-order valence-corrected chi connectivity index (χ0v) is 12.4. The first-order valence-electron chi connectivity index (χ1n) is 5.74. The third-order valence-corrected chi connectivity index (χ3v) is 6.58. The molecule has 0 saturated heterocycles. The molecule has 3 rings (SSSR count). The summed E-state index contributed by atoms with van der Waals surface area (Å²) in [4.78, 5) is 3.86. The van der Waals surface area contributed by atoms with Crippen molar-refractivity contribution in [1.29, 1.82) is 0 Å². The molecule has 1 atom stereocenters. The highest BCUT2D eigenvalue weighted by atomic mass is 35.5. The minimum atomic E-state index is -0.0712. The lowest BCUT2D eigenvalue weighted by Gasteiger charge is -2.08. The van der Waals surface area contributed by atoms with Gasteiger partial charge in [0.15, 0.2) is 0 Å². The maximum Gasteiger partial charge on any atom is 0.103 e. The summed E-state index contributed by atoms with van der Waals surface area (Å²) in [7, 11) is 0. The number of fused-ring (bicyclic) bond motifs is 1. The van der Waals surface area contributed by atoms with Crippen LogP contribution < -0.4 is 0 Å². The van der Waals surface area contributed by atoms with Crippen LogP contribution in [0, 0.1) is 0 Å². The normalized spacial score (nSPS) is 16.8. The van der Waals surface area contributed by atoms with Crippen LogP contribution in [0.2, 0.25) is 5.02 Å². The molecular weight excluding hydrogens is 291 g/mol. The Labute approximate surface area is 119 Å². The van der Waals surface area contributed by atoms with E-state index in [9.17, 15) is 0 Å². The molecule has 2 aromatic heterocycles. The summed E-state index contributed by atoms with van der Waals surface area (Å²) in [5.41, 5.74) is 1.51. The standard InChI is InChI=1S/C13H12Cl2S2/c14-9-5-6-16-13(9)12(15)11-7-8-3-1-2-4-10(8)17-11/h5-7,12H,1-4H2. The zero-order chi connectivity index (χ0) is 11.8. The van der Waals surface area contributed by atoms with Crippen molar-refractivity contribution in [1.82, 2.24) is 0 Å². The predicted octanol–water partition coefficient (Wildman–Crippen LogP) is 5.67. The molecule has 0 aliphatic heterocycles. The Morgan fingerprint density at radius 2 is 2.06 bits per heavy atom. The molecule has 0 nitrogen and oxygen atoms in total. The Hall–Kier alpha value is -0.0200. The van der Waals surface area contributed by atoms with E-state index < -0.39 is 0 Å². The summed E-state index contributed by atoms with van der Waals surface area (Å²) in [6.07, 6.45) is 5.07. The molecule has 90 valence electrons. The van der Waals surface area contributed by atoms with E-state index in [1.165, 1.54) is 41.0 Å². The molecule has 1 aliphatic carbocycles. The molecule has 4 heteroatoms. The van der Waals surface area contributed by atoms with Crippen molar-refractivity contribution in [2.45, 2.75) is 31.1 Å². The number of thiophene rings is 2. The van der Waals surface area contributed by atoms with Gasteiger partial charge in [-0.05, 0) is 48.8 Å². The summed E-state index contributed by atoms with van der Waals surface area (Å²) in [6, 6.07) is 4.21. The number of hydrogen-bond donors (Lipinski definition) is 0. The first-order chi connectivity index (χ1) is 8.25. The Bertz CT molecular complexity index is 504. The molecule has 0 radical (unpaired) electrons. The van der Waals surface area contributed by atoms with Crippen molar-refractivity contribution >= 4 is 45.9 Å². The number of hydrogen-bond acceptors (Lipinski definition) is 2. The molecule has 0 bridgehead atoms. The first kappa shape index (κ1) is 12.0. The van der Waals surface area contributed by atoms with Gasteiger partial charge >= 0.3 is 0 Å². The van der Waals surface area contributed by atoms with Gasteiger partial charge in [-0.2, -0.15) is 0 Å². The molecule has 0 aromatic carbocycles. The van der Waals surface area contributed by atoms with E-state index in [0.717, 1.165) is 9.90 Å². The SMILES string of the molecule is Clc1ccsc1C(Cl)c1cc2c(s1)CCCC2. The molecule has 2 heterocycles. The number of halogens is 2. The average molecular weight is 303 g/mol. The molecular formula is C13H12Cl2S2. The highest BCUT2D eigenvalue weighted by Gasteiger charge is 2.21. The summed E-state index contributed by atoms with van der Waals surface area (Å²) in [6.45, 7) is 0. The third kappa shape index (κ3) is 2.28. The van der Waals surface area contributed by atoms with Crippen molar-refractivity contribution in [3.63, 3.8) is 0 Å². The summed E-state index contributed by atoms with van der Waals surface area (Å²) < 4.78 is 0. The first-order valence-corrected chi connectivity index (χ1v) is 8.25. The average Bonchev–Trinajstić information content (AvgIpc) is 2.93. The van der Waals surface area contributed by atoms with Crippen LogP contribution in [0.3, 0.4) is 0 Å². The highest BCUT2D eigenvalue weighted by Crippen LogP contribution is 2.42.